The van der Waals surface area contributed by atoms with E-state index < -0.39 is 0 Å². The predicted molar refractivity (Wildman–Crippen MR) is 105 cm³/mol. The van der Waals surface area contributed by atoms with Crippen LogP contribution in [0.4, 0.5) is 10.1 Å². The Balaban J connectivity index is 1.44. The van der Waals surface area contributed by atoms with Crippen molar-refractivity contribution in [3.05, 3.63) is 76.3 Å². The van der Waals surface area contributed by atoms with Crippen LogP contribution in [0.1, 0.15) is 20.4 Å². The zero-order valence-corrected chi connectivity index (χ0v) is 16.1. The number of aromatic nitrogens is 3. The van der Waals surface area contributed by atoms with E-state index in [4.69, 9.17) is 9.15 Å². The number of nitrogens with one attached hydrogen (secondary N) is 1. The van der Waals surface area contributed by atoms with Gasteiger partial charge in [0.05, 0.1) is 5.69 Å². The first-order valence-corrected chi connectivity index (χ1v) is 9.43. The molecule has 4 rings (SSSR count). The molecule has 0 aliphatic heterocycles. The number of halogens is 1. The first kappa shape index (κ1) is 18.8. The zero-order chi connectivity index (χ0) is 20.2. The molecule has 0 radical (unpaired) electrons. The highest BCUT2D eigenvalue weighted by Crippen LogP contribution is 2.24. The molecule has 7 nitrogen and oxygen atoms in total. The van der Waals surface area contributed by atoms with Crippen LogP contribution in [0, 0.1) is 12.7 Å². The third-order valence-electron chi connectivity index (χ3n) is 3.95. The molecule has 0 aliphatic rings. The summed E-state index contributed by atoms with van der Waals surface area (Å²) in [6, 6.07) is 12.8. The second kappa shape index (κ2) is 8.19. The maximum atomic E-state index is 13.0. The second-order valence-corrected chi connectivity index (χ2v) is 7.13. The van der Waals surface area contributed by atoms with Crippen molar-refractivity contribution in [3.8, 4) is 17.2 Å². The van der Waals surface area contributed by atoms with E-state index in [2.05, 4.69) is 20.5 Å². The molecule has 0 fully saturated rings. The number of hydrogen-bond donors (Lipinski definition) is 1. The maximum Gasteiger partial charge on any atom is 0.267 e. The fourth-order valence-electron chi connectivity index (χ4n) is 2.62. The molecule has 4 aromatic rings. The lowest BCUT2D eigenvalue weighted by molar-refractivity contribution is 0.103. The zero-order valence-electron chi connectivity index (χ0n) is 15.3. The first-order valence-electron chi connectivity index (χ1n) is 8.61. The van der Waals surface area contributed by atoms with Gasteiger partial charge >= 0.3 is 0 Å². The monoisotopic (exact) mass is 410 g/mol. The number of benzene rings is 2. The van der Waals surface area contributed by atoms with Gasteiger partial charge in [-0.05, 0) is 49.4 Å². The van der Waals surface area contributed by atoms with Crippen LogP contribution in [0.25, 0.3) is 11.5 Å². The number of carbonyl (C=O) groups is 1. The van der Waals surface area contributed by atoms with Gasteiger partial charge in [-0.1, -0.05) is 6.07 Å². The number of anilines is 1. The molecule has 0 aliphatic carbocycles. The molecule has 146 valence electrons. The minimum Gasteiger partial charge on any atom is -0.486 e. The lowest BCUT2D eigenvalue weighted by atomic mass is 10.2. The average molecular weight is 410 g/mol. The Morgan fingerprint density at radius 2 is 2.07 bits per heavy atom. The highest BCUT2D eigenvalue weighted by atomic mass is 32.1. The lowest BCUT2D eigenvalue weighted by Gasteiger charge is -2.05. The summed E-state index contributed by atoms with van der Waals surface area (Å²) >= 11 is 1.25. The molecule has 0 unspecified atom stereocenters. The van der Waals surface area contributed by atoms with Gasteiger partial charge in [0.15, 0.2) is 0 Å². The van der Waals surface area contributed by atoms with Crippen LogP contribution < -0.4 is 10.1 Å². The van der Waals surface area contributed by atoms with Crippen LogP contribution in [0.15, 0.2) is 59.3 Å². The van der Waals surface area contributed by atoms with Crippen molar-refractivity contribution < 1.29 is 18.3 Å². The highest BCUT2D eigenvalue weighted by molar-refractivity contribution is 7.13. The number of nitrogens with zero attached hydrogens (tertiary/aromatic N) is 3. The van der Waals surface area contributed by atoms with Crippen LogP contribution >= 0.6 is 11.3 Å². The molecule has 0 saturated heterocycles. The van der Waals surface area contributed by atoms with E-state index in [-0.39, 0.29) is 18.3 Å². The molecule has 0 spiro atoms. The van der Waals surface area contributed by atoms with Gasteiger partial charge in [0.2, 0.25) is 12.3 Å². The van der Waals surface area contributed by atoms with E-state index in [0.717, 1.165) is 0 Å². The Labute approximate surface area is 169 Å². The molecule has 9 heteroatoms. The maximum absolute atomic E-state index is 13.0. The normalized spacial score (nSPS) is 10.7. The summed E-state index contributed by atoms with van der Waals surface area (Å²) in [6.07, 6.45) is 1.25. The van der Waals surface area contributed by atoms with Crippen LogP contribution in [-0.4, -0.2) is 21.1 Å². The predicted octanol–water partition coefficient (Wildman–Crippen LogP) is 4.47. The van der Waals surface area contributed by atoms with E-state index >= 15 is 0 Å². The molecule has 2 heterocycles. The number of hydrogen-bond acceptors (Lipinski definition) is 7. The van der Waals surface area contributed by atoms with Gasteiger partial charge < -0.3 is 14.5 Å². The topological polar surface area (TPSA) is 90.1 Å². The number of ether oxygens (including phenoxy) is 1. The first-order chi connectivity index (χ1) is 14.1. The molecule has 1 amide bonds. The van der Waals surface area contributed by atoms with E-state index in [1.54, 1.807) is 37.3 Å². The molecular weight excluding hydrogens is 395 g/mol. The van der Waals surface area contributed by atoms with Gasteiger partial charge in [0.25, 0.3) is 5.91 Å². The standard InChI is InChI=1S/C20H15FN4O3S/c1-12-18(29-17(23-12)10-27-16-7-5-14(21)6-8-16)19(26)24-15-4-2-3-13(9-15)20-25-22-11-28-20/h2-9,11H,10H2,1H3,(H,24,26). The Morgan fingerprint density at radius 1 is 1.24 bits per heavy atom. The fraction of sp³-hybridized carbons (Fsp3) is 0.100. The highest BCUT2D eigenvalue weighted by Gasteiger charge is 2.16. The SMILES string of the molecule is Cc1nc(COc2ccc(F)cc2)sc1C(=O)Nc1cccc(-c2nnco2)c1. The third kappa shape index (κ3) is 4.46. The molecule has 29 heavy (non-hydrogen) atoms. The number of rotatable bonds is 6. The summed E-state index contributed by atoms with van der Waals surface area (Å²) in [5.41, 5.74) is 1.91. The Hall–Kier alpha value is -3.59. The van der Waals surface area contributed by atoms with Crippen molar-refractivity contribution in [2.24, 2.45) is 0 Å². The number of thiazole rings is 1. The molecule has 1 N–H and O–H groups in total. The van der Waals surface area contributed by atoms with Gasteiger partial charge in [0, 0.05) is 11.3 Å². The molecule has 0 saturated carbocycles. The van der Waals surface area contributed by atoms with E-state index in [0.29, 0.717) is 38.5 Å². The lowest BCUT2D eigenvalue weighted by Crippen LogP contribution is -2.11. The Morgan fingerprint density at radius 3 is 2.83 bits per heavy atom. The van der Waals surface area contributed by atoms with Crippen molar-refractivity contribution in [1.29, 1.82) is 0 Å². The summed E-state index contributed by atoms with van der Waals surface area (Å²) < 4.78 is 23.7. The van der Waals surface area contributed by atoms with Crippen LogP contribution in [-0.2, 0) is 6.61 Å². The van der Waals surface area contributed by atoms with Crippen LogP contribution in [0.5, 0.6) is 5.75 Å². The van der Waals surface area contributed by atoms with Gasteiger partial charge in [-0.15, -0.1) is 21.5 Å². The summed E-state index contributed by atoms with van der Waals surface area (Å²) in [6.45, 7) is 1.96. The van der Waals surface area contributed by atoms with Crippen molar-refractivity contribution in [1.82, 2.24) is 15.2 Å². The summed E-state index contributed by atoms with van der Waals surface area (Å²) in [4.78, 5) is 17.6. The fourth-order valence-corrected chi connectivity index (χ4v) is 3.49. The molecule has 2 aromatic heterocycles. The van der Waals surface area contributed by atoms with Crippen LogP contribution in [0.2, 0.25) is 0 Å². The minimum absolute atomic E-state index is 0.192. The molecule has 0 bridgehead atoms. The van der Waals surface area contributed by atoms with Crippen molar-refractivity contribution in [2.45, 2.75) is 13.5 Å². The van der Waals surface area contributed by atoms with E-state index in [9.17, 15) is 9.18 Å². The van der Waals surface area contributed by atoms with Crippen LogP contribution in [0.3, 0.4) is 0 Å². The number of carbonyl (C=O) groups excluding carboxylic acids is 1. The van der Waals surface area contributed by atoms with E-state index in [1.165, 1.54) is 29.9 Å². The number of amides is 1. The Kier molecular flexibility index (Phi) is 5.30. The molecule has 2 aromatic carbocycles. The largest absolute Gasteiger partial charge is 0.486 e. The summed E-state index contributed by atoms with van der Waals surface area (Å²) in [5.74, 6) is 0.304. The van der Waals surface area contributed by atoms with E-state index in [1.807, 2.05) is 6.07 Å². The van der Waals surface area contributed by atoms with Crippen molar-refractivity contribution in [3.63, 3.8) is 0 Å². The minimum atomic E-state index is -0.329. The smallest absolute Gasteiger partial charge is 0.267 e. The van der Waals surface area contributed by atoms with Gasteiger partial charge in [-0.25, -0.2) is 9.37 Å². The summed E-state index contributed by atoms with van der Waals surface area (Å²) in [5, 5.41) is 11.0. The quantitative estimate of drug-likeness (QED) is 0.504. The third-order valence-corrected chi connectivity index (χ3v) is 5.08. The average Bonchev–Trinajstić information content (AvgIpc) is 3.38. The Bertz CT molecular complexity index is 1130. The molecular formula is C20H15FN4O3S. The van der Waals surface area contributed by atoms with Crippen molar-refractivity contribution in [2.75, 3.05) is 5.32 Å². The second-order valence-electron chi connectivity index (χ2n) is 6.04. The molecule has 0 atom stereocenters. The summed E-state index contributed by atoms with van der Waals surface area (Å²) in [7, 11) is 0. The van der Waals surface area contributed by atoms with Gasteiger partial charge in [-0.3, -0.25) is 4.79 Å². The van der Waals surface area contributed by atoms with Gasteiger partial charge in [-0.2, -0.15) is 0 Å². The van der Waals surface area contributed by atoms with Crippen molar-refractivity contribution >= 4 is 22.9 Å². The van der Waals surface area contributed by atoms with Gasteiger partial charge in [0.1, 0.15) is 28.1 Å². The number of aryl methyl sites for hydroxylation is 1.